The highest BCUT2D eigenvalue weighted by Crippen LogP contribution is 1.81. The van der Waals surface area contributed by atoms with Crippen LogP contribution in [0.25, 0.3) is 0 Å². The van der Waals surface area contributed by atoms with Gasteiger partial charge < -0.3 is 4.74 Å². The predicted molar refractivity (Wildman–Crippen MR) is 26.2 cm³/mol. The van der Waals surface area contributed by atoms with Gasteiger partial charge in [-0.25, -0.2) is 4.39 Å². The van der Waals surface area contributed by atoms with E-state index in [1.165, 1.54) is 0 Å². The molecule has 0 spiro atoms. The van der Waals surface area contributed by atoms with E-state index in [1.807, 2.05) is 6.92 Å². The van der Waals surface area contributed by atoms with Gasteiger partial charge in [-0.2, -0.15) is 0 Å². The topological polar surface area (TPSA) is 9.23 Å². The zero-order valence-electron chi connectivity index (χ0n) is 4.23. The van der Waals surface area contributed by atoms with Crippen molar-refractivity contribution in [3.05, 3.63) is 19.0 Å². The average Bonchev–Trinajstić information content (AvgIpc) is 1.69. The van der Waals surface area contributed by atoms with Crippen molar-refractivity contribution in [2.45, 2.75) is 6.92 Å². The molecule has 0 aliphatic heterocycles. The van der Waals surface area contributed by atoms with E-state index >= 15 is 0 Å². The fourth-order valence-corrected chi connectivity index (χ4v) is 0.188. The largest absolute Gasteiger partial charge is 0.340 e. The average molecular weight is 103 g/mol. The molecule has 0 aromatic carbocycles. The number of hydrogen-bond donors (Lipinski definition) is 0. The van der Waals surface area contributed by atoms with Crippen molar-refractivity contribution in [1.29, 1.82) is 0 Å². The van der Waals surface area contributed by atoms with Crippen LogP contribution in [0.2, 0.25) is 0 Å². The second-order valence-corrected chi connectivity index (χ2v) is 0.991. The third-order valence-corrected chi connectivity index (χ3v) is 0.491. The summed E-state index contributed by atoms with van der Waals surface area (Å²) in [5.74, 6) is 0. The molecule has 0 bridgehead atoms. The van der Waals surface area contributed by atoms with Gasteiger partial charge in [-0.1, -0.05) is 12.2 Å². The maximum atomic E-state index is 10.9. The predicted octanol–water partition coefficient (Wildman–Crippen LogP) is 1.67. The van der Waals surface area contributed by atoms with Crippen molar-refractivity contribution in [1.82, 2.24) is 0 Å². The molecular formula is C5H8FO. The maximum absolute atomic E-state index is 10.9. The lowest BCUT2D eigenvalue weighted by Crippen LogP contribution is -1.80. The molecule has 0 unspecified atom stereocenters. The smallest absolute Gasteiger partial charge is 0.255 e. The van der Waals surface area contributed by atoms with E-state index in [4.69, 9.17) is 0 Å². The van der Waals surface area contributed by atoms with E-state index < -0.39 is 0 Å². The third-order valence-electron chi connectivity index (χ3n) is 0.491. The molecule has 2 heteroatoms. The Bertz CT molecular complexity index is 52.0. The molecule has 41 valence electrons. The Kier molecular flexibility index (Phi) is 5.33. The van der Waals surface area contributed by atoms with Crippen LogP contribution in [0.15, 0.2) is 12.2 Å². The molecule has 0 N–H and O–H groups in total. The molecule has 0 atom stereocenters. The van der Waals surface area contributed by atoms with Crippen molar-refractivity contribution in [3.63, 3.8) is 0 Å². The zero-order chi connectivity index (χ0) is 5.54. The summed E-state index contributed by atoms with van der Waals surface area (Å²) in [6, 6.07) is 0. The zero-order valence-corrected chi connectivity index (χ0v) is 4.23. The van der Waals surface area contributed by atoms with Gasteiger partial charge in [0.05, 0.1) is 6.61 Å². The Labute approximate surface area is 42.8 Å². The maximum Gasteiger partial charge on any atom is 0.255 e. The number of allylic oxidation sites excluding steroid dienone is 1. The molecule has 0 saturated carbocycles. The lowest BCUT2D eigenvalue weighted by atomic mass is 10.6. The quantitative estimate of drug-likeness (QED) is 0.390. The lowest BCUT2D eigenvalue weighted by Gasteiger charge is -1.85. The van der Waals surface area contributed by atoms with Crippen LogP contribution < -0.4 is 0 Å². The standard InChI is InChI=1S/C5H8FO/c1-2-3-4-7-5-6/h2-3,5H,4H2,1H3. The van der Waals surface area contributed by atoms with Crippen molar-refractivity contribution < 1.29 is 9.13 Å². The summed E-state index contributed by atoms with van der Waals surface area (Å²) >= 11 is 0. The minimum absolute atomic E-state index is 0.181. The first kappa shape index (κ1) is 6.63. The Hall–Kier alpha value is -0.370. The number of rotatable bonds is 3. The molecule has 0 fully saturated rings. The van der Waals surface area contributed by atoms with Crippen molar-refractivity contribution in [2.75, 3.05) is 6.61 Å². The molecule has 0 rings (SSSR count). The van der Waals surface area contributed by atoms with Crippen LogP contribution in [-0.2, 0) is 4.74 Å². The Morgan fingerprint density at radius 3 is 2.86 bits per heavy atom. The van der Waals surface area contributed by atoms with Gasteiger partial charge in [0.15, 0.2) is 0 Å². The first-order chi connectivity index (χ1) is 3.41. The highest BCUT2D eigenvalue weighted by Gasteiger charge is 1.74. The number of hydrogen-bond acceptors (Lipinski definition) is 1. The SMILES string of the molecule is CC=CCO[CH]F. The van der Waals surface area contributed by atoms with Crippen LogP contribution >= 0.6 is 0 Å². The fourth-order valence-electron chi connectivity index (χ4n) is 0.188. The van der Waals surface area contributed by atoms with E-state index in [-0.39, 0.29) is 6.86 Å². The van der Waals surface area contributed by atoms with Crippen LogP contribution in [0.4, 0.5) is 4.39 Å². The van der Waals surface area contributed by atoms with Crippen molar-refractivity contribution in [2.24, 2.45) is 0 Å². The van der Waals surface area contributed by atoms with Crippen LogP contribution in [-0.4, -0.2) is 6.61 Å². The molecule has 1 radical (unpaired) electrons. The fraction of sp³-hybridized carbons (Fsp3) is 0.400. The second-order valence-electron chi connectivity index (χ2n) is 0.991. The Morgan fingerprint density at radius 1 is 1.71 bits per heavy atom. The van der Waals surface area contributed by atoms with Gasteiger partial charge in [0.25, 0.3) is 6.86 Å². The number of halogens is 1. The summed E-state index contributed by atoms with van der Waals surface area (Å²) in [5, 5.41) is 0. The van der Waals surface area contributed by atoms with Gasteiger partial charge >= 0.3 is 0 Å². The van der Waals surface area contributed by atoms with Gasteiger partial charge in [-0.3, -0.25) is 0 Å². The Morgan fingerprint density at radius 2 is 2.43 bits per heavy atom. The van der Waals surface area contributed by atoms with Crippen LogP contribution in [0, 0.1) is 6.86 Å². The van der Waals surface area contributed by atoms with Gasteiger partial charge in [-0.15, -0.1) is 0 Å². The third kappa shape index (κ3) is 5.63. The summed E-state index contributed by atoms with van der Waals surface area (Å²) in [6.45, 7) is 2.36. The van der Waals surface area contributed by atoms with Gasteiger partial charge in [0.1, 0.15) is 0 Å². The van der Waals surface area contributed by atoms with Gasteiger partial charge in [0.2, 0.25) is 0 Å². The molecule has 0 heterocycles. The molecule has 1 nitrogen and oxygen atoms in total. The first-order valence-corrected chi connectivity index (χ1v) is 2.06. The van der Waals surface area contributed by atoms with Crippen LogP contribution in [0.3, 0.4) is 0 Å². The molecule has 0 aliphatic carbocycles. The molecular weight excluding hydrogens is 95.1 g/mol. The summed E-state index contributed by atoms with van der Waals surface area (Å²) in [7, 11) is 0. The highest BCUT2D eigenvalue weighted by atomic mass is 19.1. The van der Waals surface area contributed by atoms with Crippen molar-refractivity contribution in [3.8, 4) is 0 Å². The van der Waals surface area contributed by atoms with Gasteiger partial charge in [0, 0.05) is 0 Å². The Balaban J connectivity index is 2.69. The summed E-state index contributed by atoms with van der Waals surface area (Å²) in [6.07, 6.45) is 3.51. The minimum Gasteiger partial charge on any atom is -0.340 e. The van der Waals surface area contributed by atoms with E-state index in [1.54, 1.807) is 12.2 Å². The summed E-state index contributed by atoms with van der Waals surface area (Å²) in [5.41, 5.74) is 0. The molecule has 0 aromatic rings. The van der Waals surface area contributed by atoms with Gasteiger partial charge in [-0.05, 0) is 6.92 Å². The van der Waals surface area contributed by atoms with Crippen molar-refractivity contribution >= 4 is 0 Å². The van der Waals surface area contributed by atoms with E-state index in [2.05, 4.69) is 4.74 Å². The minimum atomic E-state index is 0.181. The number of ether oxygens (including phenoxy) is 1. The molecule has 7 heavy (non-hydrogen) atoms. The monoisotopic (exact) mass is 103 g/mol. The van der Waals surface area contributed by atoms with E-state index in [0.717, 1.165) is 0 Å². The lowest BCUT2D eigenvalue weighted by molar-refractivity contribution is 0.157. The van der Waals surface area contributed by atoms with E-state index in [0.29, 0.717) is 6.61 Å². The highest BCUT2D eigenvalue weighted by molar-refractivity contribution is 4.75. The molecule has 0 aromatic heterocycles. The summed E-state index contributed by atoms with van der Waals surface area (Å²) < 4.78 is 15.1. The summed E-state index contributed by atoms with van der Waals surface area (Å²) in [4.78, 5) is 0. The molecule has 0 aliphatic rings. The normalized spacial score (nSPS) is 10.6. The molecule has 0 saturated heterocycles. The first-order valence-electron chi connectivity index (χ1n) is 2.06. The molecule has 0 amide bonds. The van der Waals surface area contributed by atoms with Crippen LogP contribution in [0.1, 0.15) is 6.92 Å². The second kappa shape index (κ2) is 5.63. The van der Waals surface area contributed by atoms with E-state index in [9.17, 15) is 4.39 Å². The van der Waals surface area contributed by atoms with Crippen LogP contribution in [0.5, 0.6) is 0 Å².